The molecule has 37 heavy (non-hydrogen) atoms. The molecule has 9 heteroatoms. The molecule has 1 unspecified atom stereocenters. The van der Waals surface area contributed by atoms with Crippen LogP contribution >= 0.6 is 0 Å². The van der Waals surface area contributed by atoms with Crippen molar-refractivity contribution in [3.05, 3.63) is 83.2 Å². The summed E-state index contributed by atoms with van der Waals surface area (Å²) in [5.41, 5.74) is 1.36. The van der Waals surface area contributed by atoms with Gasteiger partial charge in [0.1, 0.15) is 17.3 Å². The van der Waals surface area contributed by atoms with E-state index in [1.807, 2.05) is 19.0 Å². The molecule has 1 saturated heterocycles. The number of nitrogens with zero attached hydrogens (tertiary/aromatic N) is 2. The summed E-state index contributed by atoms with van der Waals surface area (Å²) in [4.78, 5) is 29.9. The van der Waals surface area contributed by atoms with Crippen LogP contribution in [0.5, 0.6) is 17.2 Å². The number of benzene rings is 3. The summed E-state index contributed by atoms with van der Waals surface area (Å²) in [7, 11) is 5.10. The number of carbonyl (C=O) groups is 2. The van der Waals surface area contributed by atoms with Crippen LogP contribution in [0, 0.1) is 5.82 Å². The lowest BCUT2D eigenvalue weighted by atomic mass is 9.94. The van der Waals surface area contributed by atoms with Crippen LogP contribution in [0.3, 0.4) is 0 Å². The Morgan fingerprint density at radius 3 is 2.35 bits per heavy atom. The maximum atomic E-state index is 14.2. The van der Waals surface area contributed by atoms with E-state index >= 15 is 0 Å². The molecule has 1 heterocycles. The van der Waals surface area contributed by atoms with E-state index in [9.17, 15) is 24.2 Å². The zero-order valence-corrected chi connectivity index (χ0v) is 20.9. The largest absolute Gasteiger partial charge is 0.507 e. The molecular formula is C28H27FN2O6. The number of phenolic OH excluding ortho intramolecular Hbond substituents is 1. The summed E-state index contributed by atoms with van der Waals surface area (Å²) < 4.78 is 24.9. The summed E-state index contributed by atoms with van der Waals surface area (Å²) in [5.74, 6) is -2.91. The quantitative estimate of drug-likeness (QED) is 0.274. The molecule has 0 spiro atoms. The first-order chi connectivity index (χ1) is 17.7. The molecule has 1 amide bonds. The zero-order chi connectivity index (χ0) is 26.9. The Morgan fingerprint density at radius 2 is 1.73 bits per heavy atom. The molecule has 3 aromatic carbocycles. The van der Waals surface area contributed by atoms with E-state index in [0.717, 1.165) is 17.8 Å². The Morgan fingerprint density at radius 1 is 1.03 bits per heavy atom. The van der Waals surface area contributed by atoms with Crippen molar-refractivity contribution in [3.8, 4) is 17.2 Å². The van der Waals surface area contributed by atoms with Crippen LogP contribution in [0.25, 0.3) is 5.76 Å². The van der Waals surface area contributed by atoms with E-state index in [0.29, 0.717) is 11.3 Å². The predicted octanol–water partition coefficient (Wildman–Crippen LogP) is 4.63. The standard InChI is InChI=1S/C28H27FN2O6/c1-5-37-23-14-16(6-12-21(23)32)25-24(26(33)20-15-17(29)7-13-22(20)36-4)27(34)28(35)31(25)19-10-8-18(9-11-19)30(2)3/h6-15,25,32-33H,5H2,1-4H3/b26-24+. The second-order valence-corrected chi connectivity index (χ2v) is 8.58. The van der Waals surface area contributed by atoms with Crippen molar-refractivity contribution >= 4 is 28.8 Å². The van der Waals surface area contributed by atoms with E-state index in [1.54, 1.807) is 31.2 Å². The number of Topliss-reactive ketones (excluding diaryl/α,β-unsaturated/α-hetero) is 1. The van der Waals surface area contributed by atoms with Gasteiger partial charge >= 0.3 is 0 Å². The van der Waals surface area contributed by atoms with Gasteiger partial charge in [-0.15, -0.1) is 0 Å². The first kappa shape index (κ1) is 25.6. The molecule has 0 saturated carbocycles. The molecule has 1 aliphatic rings. The molecule has 0 aromatic heterocycles. The summed E-state index contributed by atoms with van der Waals surface area (Å²) >= 11 is 0. The number of halogens is 1. The van der Waals surface area contributed by atoms with Gasteiger partial charge in [-0.3, -0.25) is 14.5 Å². The van der Waals surface area contributed by atoms with Gasteiger partial charge in [0.2, 0.25) is 0 Å². The molecule has 8 nitrogen and oxygen atoms in total. The number of hydrogen-bond acceptors (Lipinski definition) is 7. The molecule has 3 aromatic rings. The fourth-order valence-corrected chi connectivity index (χ4v) is 4.31. The van der Waals surface area contributed by atoms with Gasteiger partial charge < -0.3 is 24.6 Å². The molecule has 2 N–H and O–H groups in total. The number of carbonyl (C=O) groups excluding carboxylic acids is 2. The SMILES string of the molecule is CCOc1cc(C2/C(=C(\O)c3cc(F)ccc3OC)C(=O)C(=O)N2c2ccc(N(C)C)cc2)ccc1O. The third kappa shape index (κ3) is 4.67. The summed E-state index contributed by atoms with van der Waals surface area (Å²) in [6, 6.07) is 13.8. The van der Waals surface area contributed by atoms with Gasteiger partial charge in [0, 0.05) is 25.5 Å². The van der Waals surface area contributed by atoms with Gasteiger partial charge in [0.05, 0.1) is 30.9 Å². The lowest BCUT2D eigenvalue weighted by molar-refractivity contribution is -0.132. The molecule has 1 atom stereocenters. The Labute approximate surface area is 213 Å². The number of methoxy groups -OCH3 is 1. The molecular weight excluding hydrogens is 479 g/mol. The monoisotopic (exact) mass is 506 g/mol. The van der Waals surface area contributed by atoms with Gasteiger partial charge in [-0.1, -0.05) is 6.07 Å². The van der Waals surface area contributed by atoms with Crippen molar-refractivity contribution in [2.45, 2.75) is 13.0 Å². The molecule has 1 fully saturated rings. The Hall–Kier alpha value is -4.53. The minimum atomic E-state index is -1.10. The maximum Gasteiger partial charge on any atom is 0.300 e. The van der Waals surface area contributed by atoms with Crippen LogP contribution in [-0.2, 0) is 9.59 Å². The van der Waals surface area contributed by atoms with Crippen molar-refractivity contribution in [1.82, 2.24) is 0 Å². The minimum Gasteiger partial charge on any atom is -0.507 e. The highest BCUT2D eigenvalue weighted by Gasteiger charge is 2.47. The molecule has 0 radical (unpaired) electrons. The van der Waals surface area contributed by atoms with Gasteiger partial charge in [0.25, 0.3) is 11.7 Å². The van der Waals surface area contributed by atoms with E-state index in [4.69, 9.17) is 9.47 Å². The second-order valence-electron chi connectivity index (χ2n) is 8.58. The highest BCUT2D eigenvalue weighted by atomic mass is 19.1. The fourth-order valence-electron chi connectivity index (χ4n) is 4.31. The summed E-state index contributed by atoms with van der Waals surface area (Å²) in [6.45, 7) is 2.02. The average Bonchev–Trinajstić information content (AvgIpc) is 3.15. The van der Waals surface area contributed by atoms with Crippen LogP contribution in [0.15, 0.2) is 66.2 Å². The Bertz CT molecular complexity index is 1380. The van der Waals surface area contributed by atoms with Gasteiger partial charge in [-0.2, -0.15) is 0 Å². The fraction of sp³-hybridized carbons (Fsp3) is 0.214. The Balaban J connectivity index is 1.98. The second kappa shape index (κ2) is 10.2. The average molecular weight is 507 g/mol. The van der Waals surface area contributed by atoms with Crippen molar-refractivity contribution in [2.75, 3.05) is 37.6 Å². The predicted molar refractivity (Wildman–Crippen MR) is 138 cm³/mol. The van der Waals surface area contributed by atoms with E-state index in [-0.39, 0.29) is 35.0 Å². The van der Waals surface area contributed by atoms with Gasteiger partial charge in [-0.05, 0) is 67.1 Å². The Kier molecular flexibility index (Phi) is 7.06. The zero-order valence-electron chi connectivity index (χ0n) is 20.9. The minimum absolute atomic E-state index is 0.0720. The topological polar surface area (TPSA) is 99.5 Å². The van der Waals surface area contributed by atoms with Crippen LogP contribution < -0.4 is 19.3 Å². The summed E-state index contributed by atoms with van der Waals surface area (Å²) in [6.07, 6.45) is 0. The number of anilines is 2. The summed E-state index contributed by atoms with van der Waals surface area (Å²) in [5, 5.41) is 21.6. The third-order valence-electron chi connectivity index (χ3n) is 6.10. The number of aliphatic hydroxyl groups is 1. The smallest absolute Gasteiger partial charge is 0.300 e. The van der Waals surface area contributed by atoms with Crippen LogP contribution in [0.2, 0.25) is 0 Å². The number of ketones is 1. The first-order valence-corrected chi connectivity index (χ1v) is 11.6. The number of aliphatic hydroxyl groups excluding tert-OH is 1. The molecule has 1 aliphatic heterocycles. The molecule has 0 aliphatic carbocycles. The number of amides is 1. The van der Waals surface area contributed by atoms with Crippen LogP contribution in [0.4, 0.5) is 15.8 Å². The number of rotatable bonds is 7. The molecule has 192 valence electrons. The van der Waals surface area contributed by atoms with E-state index in [2.05, 4.69) is 0 Å². The normalized spacial score (nSPS) is 16.7. The highest BCUT2D eigenvalue weighted by Crippen LogP contribution is 2.45. The number of hydrogen-bond donors (Lipinski definition) is 2. The van der Waals surface area contributed by atoms with Crippen molar-refractivity contribution in [2.24, 2.45) is 0 Å². The number of phenols is 1. The van der Waals surface area contributed by atoms with Crippen LogP contribution in [0.1, 0.15) is 24.1 Å². The third-order valence-corrected chi connectivity index (χ3v) is 6.10. The van der Waals surface area contributed by atoms with Crippen molar-refractivity contribution in [3.63, 3.8) is 0 Å². The van der Waals surface area contributed by atoms with Crippen LogP contribution in [-0.4, -0.2) is 49.7 Å². The number of aromatic hydroxyl groups is 1. The van der Waals surface area contributed by atoms with Crippen molar-refractivity contribution < 1.29 is 33.7 Å². The number of ether oxygens (including phenoxy) is 2. The van der Waals surface area contributed by atoms with Gasteiger partial charge in [0.15, 0.2) is 11.5 Å². The van der Waals surface area contributed by atoms with E-state index in [1.165, 1.54) is 36.3 Å². The lowest BCUT2D eigenvalue weighted by Crippen LogP contribution is -2.29. The first-order valence-electron chi connectivity index (χ1n) is 11.6. The van der Waals surface area contributed by atoms with Gasteiger partial charge in [-0.25, -0.2) is 4.39 Å². The van der Waals surface area contributed by atoms with Crippen molar-refractivity contribution in [1.29, 1.82) is 0 Å². The maximum absolute atomic E-state index is 14.2. The lowest BCUT2D eigenvalue weighted by Gasteiger charge is -2.26. The molecule has 4 rings (SSSR count). The highest BCUT2D eigenvalue weighted by molar-refractivity contribution is 6.51. The van der Waals surface area contributed by atoms with E-state index < -0.39 is 29.3 Å². The molecule has 0 bridgehead atoms.